The molecule has 1 saturated heterocycles. The Kier molecular flexibility index (Phi) is 5.39. The minimum atomic E-state index is -4.32. The summed E-state index contributed by atoms with van der Waals surface area (Å²) in [5.74, 6) is -3.53. The van der Waals surface area contributed by atoms with E-state index in [1.807, 2.05) is 0 Å². The third kappa shape index (κ3) is 3.85. The first-order valence-corrected chi connectivity index (χ1v) is 10.4. The van der Waals surface area contributed by atoms with Gasteiger partial charge >= 0.3 is 7.82 Å². The second kappa shape index (κ2) is 7.61. The summed E-state index contributed by atoms with van der Waals surface area (Å²) in [6, 6.07) is 4.47. The summed E-state index contributed by atoms with van der Waals surface area (Å²) < 4.78 is 62.1. The highest BCUT2D eigenvalue weighted by atomic mass is 32.1. The zero-order chi connectivity index (χ0) is 21.7. The lowest BCUT2D eigenvalue weighted by Crippen LogP contribution is -2.43. The van der Waals surface area contributed by atoms with E-state index in [0.29, 0.717) is 0 Å². The van der Waals surface area contributed by atoms with Crippen LogP contribution in [0.5, 0.6) is 5.75 Å². The lowest BCUT2D eigenvalue weighted by Gasteiger charge is -2.28. The van der Waals surface area contributed by atoms with Crippen LogP contribution in [0.4, 0.5) is 8.78 Å². The predicted molar refractivity (Wildman–Crippen MR) is 97.2 cm³/mol. The molecule has 4 rings (SSSR count). The first-order chi connectivity index (χ1) is 14.1. The van der Waals surface area contributed by atoms with E-state index in [4.69, 9.17) is 30.5 Å². The van der Waals surface area contributed by atoms with Gasteiger partial charge in [-0.2, -0.15) is 0 Å². The van der Waals surface area contributed by atoms with Crippen LogP contribution in [0.25, 0.3) is 0 Å². The summed E-state index contributed by atoms with van der Waals surface area (Å²) in [5, 5.41) is 20.3. The molecule has 0 spiro atoms. The fraction of sp³-hybridized carbons (Fsp3) is 0.375. The van der Waals surface area contributed by atoms with Crippen LogP contribution in [0.3, 0.4) is 0 Å². The van der Waals surface area contributed by atoms with E-state index in [1.54, 1.807) is 0 Å². The number of aromatic amines is 1. The number of aliphatic hydroxyl groups is 2. The van der Waals surface area contributed by atoms with Crippen LogP contribution in [0.15, 0.2) is 35.3 Å². The van der Waals surface area contributed by atoms with E-state index >= 15 is 4.39 Å². The molecule has 3 heterocycles. The average molecular weight is 464 g/mol. The lowest BCUT2D eigenvalue weighted by molar-refractivity contribution is -0.205. The second-order valence-corrected chi connectivity index (χ2v) is 8.56. The van der Waals surface area contributed by atoms with Gasteiger partial charge in [0.1, 0.15) is 30.4 Å². The number of phosphoric acid groups is 1. The molecule has 0 amide bonds. The zero-order valence-corrected chi connectivity index (χ0v) is 16.6. The van der Waals surface area contributed by atoms with Gasteiger partial charge in [-0.1, -0.05) is 0 Å². The molecular formula is C16H15F2N2O8PS. The average Bonchev–Trinajstić information content (AvgIpc) is 2.92. The second-order valence-electron chi connectivity index (χ2n) is 6.58. The highest BCUT2D eigenvalue weighted by Crippen LogP contribution is 2.55. The highest BCUT2D eigenvalue weighted by Gasteiger charge is 2.57. The minimum Gasteiger partial charge on any atom is -0.404 e. The maximum Gasteiger partial charge on any atom is 0.530 e. The number of aliphatic hydroxyl groups excluding tert-OH is 2. The summed E-state index contributed by atoms with van der Waals surface area (Å²) in [7, 11) is -4.32. The predicted octanol–water partition coefficient (Wildman–Crippen LogP) is 1.70. The molecule has 1 aromatic carbocycles. The molecule has 1 unspecified atom stereocenters. The van der Waals surface area contributed by atoms with Gasteiger partial charge in [0.25, 0.3) is 11.4 Å². The number of hydrogen-bond donors (Lipinski definition) is 3. The van der Waals surface area contributed by atoms with Gasteiger partial charge in [0, 0.05) is 17.8 Å². The summed E-state index contributed by atoms with van der Waals surface area (Å²) in [6.07, 6.45) is -4.27. The van der Waals surface area contributed by atoms with Crippen LogP contribution in [0.1, 0.15) is 11.8 Å². The van der Waals surface area contributed by atoms with Gasteiger partial charge in [-0.25, -0.2) is 13.3 Å². The number of nitrogens with zero attached hydrogens (tertiary/aromatic N) is 1. The number of H-pyrrole nitrogens is 1. The van der Waals surface area contributed by atoms with Gasteiger partial charge in [0.15, 0.2) is 11.0 Å². The number of benzene rings is 1. The van der Waals surface area contributed by atoms with E-state index in [9.17, 15) is 24.0 Å². The Labute approximate surface area is 172 Å². The van der Waals surface area contributed by atoms with Gasteiger partial charge < -0.3 is 19.5 Å². The van der Waals surface area contributed by atoms with Gasteiger partial charge in [0.05, 0.1) is 6.61 Å². The number of nitrogens with one attached hydrogen (secondary N) is 1. The molecule has 162 valence electrons. The third-order valence-electron chi connectivity index (χ3n) is 4.53. The van der Waals surface area contributed by atoms with Crippen molar-refractivity contribution in [1.29, 1.82) is 0 Å². The molecule has 14 heteroatoms. The Hall–Kier alpha value is -1.99. The molecule has 2 aliphatic heterocycles. The van der Waals surface area contributed by atoms with Crippen molar-refractivity contribution in [1.82, 2.24) is 9.55 Å². The fourth-order valence-electron chi connectivity index (χ4n) is 3.00. The topological polar surface area (TPSA) is 132 Å². The van der Waals surface area contributed by atoms with Crippen molar-refractivity contribution < 1.29 is 41.9 Å². The maximum absolute atomic E-state index is 15.2. The summed E-state index contributed by atoms with van der Waals surface area (Å²) >= 11 is 4.94. The van der Waals surface area contributed by atoms with E-state index in [1.165, 1.54) is 6.07 Å². The molecule has 3 N–H and O–H groups in total. The molecule has 2 aromatic rings. The summed E-state index contributed by atoms with van der Waals surface area (Å²) in [4.78, 5) is 13.6. The number of fused-ring (bicyclic) bond motifs is 1. The van der Waals surface area contributed by atoms with Crippen molar-refractivity contribution in [2.45, 2.75) is 30.9 Å². The van der Waals surface area contributed by atoms with Crippen LogP contribution in [-0.4, -0.2) is 44.4 Å². The van der Waals surface area contributed by atoms with Gasteiger partial charge in [0.2, 0.25) is 0 Å². The Bertz CT molecular complexity index is 1140. The monoisotopic (exact) mass is 464 g/mol. The number of hydrogen-bond acceptors (Lipinski definition) is 9. The first kappa shape index (κ1) is 21.2. The SMILES string of the molecule is O=c1ccn([C@@H]2O[C@](F)(COP3(=O)OCc4cc(F)ccc4O3)[C@@H](O)[C@H]2O)c(=S)[nH]1. The molecule has 0 bridgehead atoms. The number of aromatic nitrogens is 2. The molecule has 0 saturated carbocycles. The third-order valence-corrected chi connectivity index (χ3v) is 6.15. The minimum absolute atomic E-state index is 0.0317. The number of rotatable bonds is 4. The van der Waals surface area contributed by atoms with Crippen molar-refractivity contribution in [3.05, 3.63) is 57.0 Å². The van der Waals surface area contributed by atoms with Crippen molar-refractivity contribution in [2.24, 2.45) is 0 Å². The van der Waals surface area contributed by atoms with Gasteiger partial charge in [-0.3, -0.25) is 23.4 Å². The molecule has 0 radical (unpaired) electrons. The van der Waals surface area contributed by atoms with Gasteiger partial charge in [-0.05, 0) is 30.4 Å². The fourth-order valence-corrected chi connectivity index (χ4v) is 4.49. The molecule has 2 aliphatic rings. The standard InChI is InChI=1S/C16H15F2N2O8PS/c17-9-1-2-10-8(5-9)6-25-29(24,28-10)26-7-16(18)13(23)12(22)14(27-16)20-4-3-11(21)19-15(20)30/h1-5,12-14,22-23H,6-7H2,(H,19,21,30)/t12-,13+,14-,16-,29?/m1/s1. The largest absolute Gasteiger partial charge is 0.530 e. The maximum atomic E-state index is 15.2. The van der Waals surface area contributed by atoms with Crippen LogP contribution in [-0.2, 0) is 25.0 Å². The van der Waals surface area contributed by atoms with Crippen LogP contribution >= 0.6 is 20.0 Å². The molecule has 1 aromatic heterocycles. The van der Waals surface area contributed by atoms with Crippen molar-refractivity contribution in [2.75, 3.05) is 6.61 Å². The molecule has 5 atom stereocenters. The van der Waals surface area contributed by atoms with Crippen LogP contribution in [0, 0.1) is 10.6 Å². The van der Waals surface area contributed by atoms with E-state index < -0.39 is 50.1 Å². The zero-order valence-electron chi connectivity index (χ0n) is 14.9. The Morgan fingerprint density at radius 3 is 2.90 bits per heavy atom. The molecule has 10 nitrogen and oxygen atoms in total. The van der Waals surface area contributed by atoms with E-state index in [-0.39, 0.29) is 22.7 Å². The Morgan fingerprint density at radius 2 is 2.17 bits per heavy atom. The molecular weight excluding hydrogens is 449 g/mol. The van der Waals surface area contributed by atoms with E-state index in [0.717, 1.165) is 29.0 Å². The highest BCUT2D eigenvalue weighted by molar-refractivity contribution is 7.71. The molecule has 30 heavy (non-hydrogen) atoms. The van der Waals surface area contributed by atoms with Gasteiger partial charge in [-0.15, -0.1) is 0 Å². The van der Waals surface area contributed by atoms with Crippen molar-refractivity contribution in [3.8, 4) is 5.75 Å². The number of halogens is 2. The van der Waals surface area contributed by atoms with Crippen LogP contribution in [0.2, 0.25) is 0 Å². The first-order valence-electron chi connectivity index (χ1n) is 8.52. The summed E-state index contributed by atoms with van der Waals surface area (Å²) in [5.41, 5.74) is -0.246. The van der Waals surface area contributed by atoms with Crippen LogP contribution < -0.4 is 10.1 Å². The number of phosphoric ester groups is 1. The normalized spacial score (nSPS) is 33.1. The smallest absolute Gasteiger partial charge is 0.404 e. The lowest BCUT2D eigenvalue weighted by atomic mass is 10.1. The molecule has 1 fully saturated rings. The Balaban J connectivity index is 1.50. The number of ether oxygens (including phenoxy) is 1. The quantitative estimate of drug-likeness (QED) is 0.457. The summed E-state index contributed by atoms with van der Waals surface area (Å²) in [6.45, 7) is -1.45. The van der Waals surface area contributed by atoms with Crippen molar-refractivity contribution in [3.63, 3.8) is 0 Å². The molecule has 0 aliphatic carbocycles. The van der Waals surface area contributed by atoms with Crippen molar-refractivity contribution >= 4 is 20.0 Å². The Morgan fingerprint density at radius 1 is 1.40 bits per heavy atom. The number of alkyl halides is 1. The van der Waals surface area contributed by atoms with E-state index in [2.05, 4.69) is 4.98 Å².